The highest BCUT2D eigenvalue weighted by Gasteiger charge is 2.12. The van der Waals surface area contributed by atoms with Crippen molar-refractivity contribution < 1.29 is 0 Å². The number of thiocarbonyl (C=S) groups is 1. The minimum Gasteiger partial charge on any atom is -0.340 e. The van der Waals surface area contributed by atoms with Crippen LogP contribution in [0.4, 0.5) is 5.69 Å². The van der Waals surface area contributed by atoms with E-state index in [0.29, 0.717) is 11.7 Å². The SMILES string of the molecule is Cc1ccc(NC(=S)N(Cc2ccccc2)Cc2cccnc2)cc1. The summed E-state index contributed by atoms with van der Waals surface area (Å²) in [6, 6.07) is 22.6. The molecular weight excluding hydrogens is 326 g/mol. The van der Waals surface area contributed by atoms with E-state index < -0.39 is 0 Å². The molecule has 0 fully saturated rings. The maximum Gasteiger partial charge on any atom is 0.174 e. The number of nitrogens with one attached hydrogen (secondary N) is 1. The van der Waals surface area contributed by atoms with E-state index in [2.05, 4.69) is 52.5 Å². The molecule has 2 aromatic carbocycles. The summed E-state index contributed by atoms with van der Waals surface area (Å²) in [5, 5.41) is 4.05. The van der Waals surface area contributed by atoms with Crippen LogP contribution >= 0.6 is 12.2 Å². The Hall–Kier alpha value is -2.72. The van der Waals surface area contributed by atoms with Gasteiger partial charge in [0.15, 0.2) is 5.11 Å². The van der Waals surface area contributed by atoms with Gasteiger partial charge in [0.05, 0.1) is 0 Å². The van der Waals surface area contributed by atoms with Crippen LogP contribution in [-0.2, 0) is 13.1 Å². The first-order valence-corrected chi connectivity index (χ1v) is 8.67. The van der Waals surface area contributed by atoms with E-state index >= 15 is 0 Å². The molecule has 3 aromatic rings. The molecule has 1 N–H and O–H groups in total. The topological polar surface area (TPSA) is 28.2 Å². The van der Waals surface area contributed by atoms with Gasteiger partial charge in [0.2, 0.25) is 0 Å². The Morgan fingerprint density at radius 1 is 0.920 bits per heavy atom. The van der Waals surface area contributed by atoms with E-state index in [9.17, 15) is 0 Å². The second-order valence-corrected chi connectivity index (χ2v) is 6.39. The standard InChI is InChI=1S/C21H21N3S/c1-17-9-11-20(12-10-17)23-21(25)24(15-18-6-3-2-4-7-18)16-19-8-5-13-22-14-19/h2-14H,15-16H2,1H3,(H,23,25). The second-order valence-electron chi connectivity index (χ2n) is 6.00. The lowest BCUT2D eigenvalue weighted by atomic mass is 10.2. The number of pyridine rings is 1. The summed E-state index contributed by atoms with van der Waals surface area (Å²) in [4.78, 5) is 6.36. The van der Waals surface area contributed by atoms with Gasteiger partial charge in [-0.15, -0.1) is 0 Å². The number of anilines is 1. The quantitative estimate of drug-likeness (QED) is 0.672. The molecule has 3 nitrogen and oxygen atoms in total. The van der Waals surface area contributed by atoms with Crippen LogP contribution in [0.15, 0.2) is 79.1 Å². The van der Waals surface area contributed by atoms with Crippen LogP contribution in [-0.4, -0.2) is 15.0 Å². The number of nitrogens with zero attached hydrogens (tertiary/aromatic N) is 2. The Balaban J connectivity index is 1.76. The first-order chi connectivity index (χ1) is 12.2. The summed E-state index contributed by atoms with van der Waals surface area (Å²) in [5.74, 6) is 0. The van der Waals surface area contributed by atoms with Gasteiger partial charge >= 0.3 is 0 Å². The van der Waals surface area contributed by atoms with Gasteiger partial charge in [-0.3, -0.25) is 4.98 Å². The normalized spacial score (nSPS) is 10.3. The summed E-state index contributed by atoms with van der Waals surface area (Å²) < 4.78 is 0. The van der Waals surface area contributed by atoms with Gasteiger partial charge in [-0.2, -0.15) is 0 Å². The fraction of sp³-hybridized carbons (Fsp3) is 0.143. The van der Waals surface area contributed by atoms with Gasteiger partial charge in [-0.05, 0) is 48.5 Å². The van der Waals surface area contributed by atoms with Crippen LogP contribution in [0.3, 0.4) is 0 Å². The van der Waals surface area contributed by atoms with E-state index in [1.165, 1.54) is 11.1 Å². The van der Waals surface area contributed by atoms with E-state index in [1.807, 2.05) is 42.6 Å². The third-order valence-electron chi connectivity index (χ3n) is 3.90. The van der Waals surface area contributed by atoms with Gasteiger partial charge < -0.3 is 10.2 Å². The summed E-state index contributed by atoms with van der Waals surface area (Å²) >= 11 is 5.68. The molecule has 0 aliphatic rings. The van der Waals surface area contributed by atoms with E-state index in [0.717, 1.165) is 17.8 Å². The zero-order valence-corrected chi connectivity index (χ0v) is 15.0. The minimum atomic E-state index is 0.705. The number of hydrogen-bond acceptors (Lipinski definition) is 2. The number of aryl methyl sites for hydroxylation is 1. The lowest BCUT2D eigenvalue weighted by molar-refractivity contribution is 0.412. The summed E-state index contributed by atoms with van der Waals surface area (Å²) in [5.41, 5.74) is 4.58. The Bertz CT molecular complexity index is 760. The molecule has 1 aromatic heterocycles. The van der Waals surface area contributed by atoms with E-state index in [1.54, 1.807) is 6.20 Å². The molecule has 4 heteroatoms. The highest BCUT2D eigenvalue weighted by atomic mass is 32.1. The van der Waals surface area contributed by atoms with Crippen LogP contribution in [0.25, 0.3) is 0 Å². The van der Waals surface area contributed by atoms with Crippen molar-refractivity contribution in [1.82, 2.24) is 9.88 Å². The van der Waals surface area contributed by atoms with Crippen LogP contribution in [0, 0.1) is 6.92 Å². The monoisotopic (exact) mass is 347 g/mol. The molecular formula is C21H21N3S. The van der Waals surface area contributed by atoms with Crippen molar-refractivity contribution in [3.8, 4) is 0 Å². The molecule has 0 saturated heterocycles. The van der Waals surface area contributed by atoms with Crippen LogP contribution < -0.4 is 5.32 Å². The summed E-state index contributed by atoms with van der Waals surface area (Å²) in [6.07, 6.45) is 3.67. The van der Waals surface area contributed by atoms with Crippen LogP contribution in [0.2, 0.25) is 0 Å². The van der Waals surface area contributed by atoms with E-state index in [4.69, 9.17) is 12.2 Å². The second kappa shape index (κ2) is 8.40. The lowest BCUT2D eigenvalue weighted by Crippen LogP contribution is -2.33. The predicted octanol–water partition coefficient (Wildman–Crippen LogP) is 4.79. The van der Waals surface area contributed by atoms with Crippen molar-refractivity contribution >= 4 is 23.0 Å². The summed E-state index contributed by atoms with van der Waals surface area (Å²) in [7, 11) is 0. The molecule has 0 aliphatic heterocycles. The smallest absolute Gasteiger partial charge is 0.174 e. The Morgan fingerprint density at radius 2 is 1.60 bits per heavy atom. The van der Waals surface area contributed by atoms with Crippen LogP contribution in [0.1, 0.15) is 16.7 Å². The zero-order valence-electron chi connectivity index (χ0n) is 14.2. The first-order valence-electron chi connectivity index (χ1n) is 8.26. The first kappa shape index (κ1) is 17.1. The average molecular weight is 347 g/mol. The third-order valence-corrected chi connectivity index (χ3v) is 4.26. The molecule has 0 radical (unpaired) electrons. The number of rotatable bonds is 5. The summed E-state index contributed by atoms with van der Waals surface area (Å²) in [6.45, 7) is 3.53. The third kappa shape index (κ3) is 5.13. The predicted molar refractivity (Wildman–Crippen MR) is 107 cm³/mol. The molecule has 0 amide bonds. The van der Waals surface area contributed by atoms with E-state index in [-0.39, 0.29) is 0 Å². The molecule has 0 saturated carbocycles. The number of benzene rings is 2. The Morgan fingerprint density at radius 3 is 2.28 bits per heavy atom. The Labute approximate surface area is 154 Å². The van der Waals surface area contributed by atoms with Crippen molar-refractivity contribution in [2.24, 2.45) is 0 Å². The molecule has 25 heavy (non-hydrogen) atoms. The molecule has 3 rings (SSSR count). The van der Waals surface area contributed by atoms with Crippen molar-refractivity contribution in [3.05, 3.63) is 95.8 Å². The number of aromatic nitrogens is 1. The van der Waals surface area contributed by atoms with Crippen molar-refractivity contribution in [2.45, 2.75) is 20.0 Å². The fourth-order valence-electron chi connectivity index (χ4n) is 2.55. The molecule has 0 spiro atoms. The fourth-order valence-corrected chi connectivity index (χ4v) is 2.80. The largest absolute Gasteiger partial charge is 0.340 e. The maximum atomic E-state index is 5.68. The molecule has 1 heterocycles. The molecule has 126 valence electrons. The highest BCUT2D eigenvalue weighted by molar-refractivity contribution is 7.80. The van der Waals surface area contributed by atoms with Gasteiger partial charge in [0, 0.05) is 31.2 Å². The highest BCUT2D eigenvalue weighted by Crippen LogP contribution is 2.14. The maximum absolute atomic E-state index is 5.68. The lowest BCUT2D eigenvalue weighted by Gasteiger charge is -2.26. The average Bonchev–Trinajstić information content (AvgIpc) is 2.65. The van der Waals surface area contributed by atoms with Crippen LogP contribution in [0.5, 0.6) is 0 Å². The van der Waals surface area contributed by atoms with Crippen molar-refractivity contribution in [1.29, 1.82) is 0 Å². The Kier molecular flexibility index (Phi) is 5.75. The van der Waals surface area contributed by atoms with Gasteiger partial charge in [-0.25, -0.2) is 0 Å². The molecule has 0 aliphatic carbocycles. The minimum absolute atomic E-state index is 0.705. The molecule has 0 atom stereocenters. The molecule has 0 bridgehead atoms. The van der Waals surface area contributed by atoms with Crippen molar-refractivity contribution in [3.63, 3.8) is 0 Å². The molecule has 0 unspecified atom stereocenters. The van der Waals surface area contributed by atoms with Gasteiger partial charge in [0.25, 0.3) is 0 Å². The number of hydrogen-bond donors (Lipinski definition) is 1. The van der Waals surface area contributed by atoms with Gasteiger partial charge in [-0.1, -0.05) is 54.1 Å². The zero-order chi connectivity index (χ0) is 17.5. The van der Waals surface area contributed by atoms with Crippen molar-refractivity contribution in [2.75, 3.05) is 5.32 Å². The van der Waals surface area contributed by atoms with Gasteiger partial charge in [0.1, 0.15) is 0 Å².